The van der Waals surface area contributed by atoms with Gasteiger partial charge in [-0.2, -0.15) is 0 Å². The van der Waals surface area contributed by atoms with Gasteiger partial charge in [0.1, 0.15) is 5.82 Å². The second-order valence-electron chi connectivity index (χ2n) is 4.05. The van der Waals surface area contributed by atoms with E-state index in [-0.39, 0.29) is 5.56 Å². The van der Waals surface area contributed by atoms with E-state index >= 15 is 0 Å². The number of terminal acetylenes is 1. The normalized spacial score (nSPS) is 12.9. The number of carbonyl (C=O) groups excluding carboxylic acids is 2. The number of nitrogens with one attached hydrogen (secondary N) is 1. The molecule has 0 saturated carbocycles. The van der Waals surface area contributed by atoms with Crippen molar-refractivity contribution in [1.82, 2.24) is 5.32 Å². The third kappa shape index (κ3) is 3.81. The van der Waals surface area contributed by atoms with E-state index in [9.17, 15) is 14.0 Å². The van der Waals surface area contributed by atoms with Crippen molar-refractivity contribution in [3.63, 3.8) is 0 Å². The fourth-order valence-corrected chi connectivity index (χ4v) is 1.24. The molecule has 0 aliphatic carbocycles. The highest BCUT2D eigenvalue weighted by Gasteiger charge is 2.25. The van der Waals surface area contributed by atoms with Crippen molar-refractivity contribution in [3.05, 3.63) is 35.6 Å². The van der Waals surface area contributed by atoms with Crippen LogP contribution in [-0.4, -0.2) is 17.6 Å². The Kier molecular flexibility index (Phi) is 4.65. The van der Waals surface area contributed by atoms with Crippen LogP contribution in [-0.2, 0) is 4.74 Å². The van der Waals surface area contributed by atoms with Crippen LogP contribution >= 0.6 is 0 Å². The van der Waals surface area contributed by atoms with E-state index in [2.05, 4.69) is 5.92 Å². The fraction of sp³-hybridized carbons (Fsp3) is 0.286. The third-order valence-corrected chi connectivity index (χ3v) is 2.63. The summed E-state index contributed by atoms with van der Waals surface area (Å²) in [6.07, 6.45) is 4.62. The number of hydrogen-bond acceptors (Lipinski definition) is 3. The third-order valence-electron chi connectivity index (χ3n) is 2.63. The molecule has 100 valence electrons. The fourth-order valence-electron chi connectivity index (χ4n) is 1.24. The lowest BCUT2D eigenvalue weighted by Gasteiger charge is -2.21. The average Bonchev–Trinajstić information content (AvgIpc) is 2.38. The van der Waals surface area contributed by atoms with Gasteiger partial charge in [-0.15, -0.1) is 6.42 Å². The van der Waals surface area contributed by atoms with Gasteiger partial charge in [0.25, 0.3) is 5.91 Å². The standard InChI is InChI=1S/C14H14FNO3/c1-4-14(3,5-2)19-13(18)16-12(17)10-8-6-7-9-11(10)15/h1,6-9H,5H2,2-3H3,(H,16,17,18)/t14-/m0/s1. The van der Waals surface area contributed by atoms with Crippen LogP contribution in [0.4, 0.5) is 9.18 Å². The lowest BCUT2D eigenvalue weighted by Crippen LogP contribution is -2.38. The van der Waals surface area contributed by atoms with E-state index in [1.54, 1.807) is 13.8 Å². The van der Waals surface area contributed by atoms with Gasteiger partial charge in [-0.05, 0) is 25.5 Å². The summed E-state index contributed by atoms with van der Waals surface area (Å²) >= 11 is 0. The van der Waals surface area contributed by atoms with E-state index in [1.807, 2.05) is 5.32 Å². The monoisotopic (exact) mass is 263 g/mol. The van der Waals surface area contributed by atoms with Gasteiger partial charge in [-0.25, -0.2) is 9.18 Å². The number of rotatable bonds is 3. The molecule has 0 aliphatic rings. The summed E-state index contributed by atoms with van der Waals surface area (Å²) in [5.74, 6) is 0.719. The number of imide groups is 1. The predicted molar refractivity (Wildman–Crippen MR) is 67.9 cm³/mol. The van der Waals surface area contributed by atoms with E-state index in [1.165, 1.54) is 18.2 Å². The number of amides is 2. The van der Waals surface area contributed by atoms with Crippen LogP contribution in [0.1, 0.15) is 30.6 Å². The van der Waals surface area contributed by atoms with Gasteiger partial charge >= 0.3 is 6.09 Å². The molecule has 1 aromatic carbocycles. The topological polar surface area (TPSA) is 55.4 Å². The Morgan fingerprint density at radius 1 is 1.47 bits per heavy atom. The molecule has 5 heteroatoms. The number of carbonyl (C=O) groups is 2. The minimum absolute atomic E-state index is 0.238. The van der Waals surface area contributed by atoms with E-state index in [0.717, 1.165) is 6.07 Å². The molecule has 0 unspecified atom stereocenters. The van der Waals surface area contributed by atoms with Crippen molar-refractivity contribution in [1.29, 1.82) is 0 Å². The number of benzene rings is 1. The first-order valence-electron chi connectivity index (χ1n) is 5.68. The molecule has 0 spiro atoms. The molecule has 1 atom stereocenters. The molecule has 4 nitrogen and oxygen atoms in total. The Balaban J connectivity index is 2.71. The summed E-state index contributed by atoms with van der Waals surface area (Å²) in [6.45, 7) is 3.28. The van der Waals surface area contributed by atoms with Crippen molar-refractivity contribution in [2.75, 3.05) is 0 Å². The lowest BCUT2D eigenvalue weighted by atomic mass is 10.1. The van der Waals surface area contributed by atoms with E-state index in [4.69, 9.17) is 11.2 Å². The SMILES string of the molecule is C#C[C@@](C)(CC)OC(=O)NC(=O)c1ccccc1F. The van der Waals surface area contributed by atoms with Crippen molar-refractivity contribution >= 4 is 12.0 Å². The first-order valence-corrected chi connectivity index (χ1v) is 5.68. The highest BCUT2D eigenvalue weighted by Crippen LogP contribution is 2.14. The molecule has 0 radical (unpaired) electrons. The van der Waals surface area contributed by atoms with E-state index in [0.29, 0.717) is 6.42 Å². The van der Waals surface area contributed by atoms with Crippen LogP contribution in [0.5, 0.6) is 0 Å². The minimum Gasteiger partial charge on any atom is -0.430 e. The summed E-state index contributed by atoms with van der Waals surface area (Å²) in [5.41, 5.74) is -1.34. The molecule has 1 N–H and O–H groups in total. The predicted octanol–water partition coefficient (Wildman–Crippen LogP) is 2.49. The first-order chi connectivity index (χ1) is 8.91. The van der Waals surface area contributed by atoms with Gasteiger partial charge in [0.2, 0.25) is 0 Å². The van der Waals surface area contributed by atoms with Crippen molar-refractivity contribution in [2.24, 2.45) is 0 Å². The Morgan fingerprint density at radius 3 is 2.63 bits per heavy atom. The number of halogens is 1. The molecule has 0 aromatic heterocycles. The Morgan fingerprint density at radius 2 is 2.11 bits per heavy atom. The maximum atomic E-state index is 13.3. The van der Waals surface area contributed by atoms with Gasteiger partial charge in [-0.1, -0.05) is 25.0 Å². The Labute approximate surface area is 111 Å². The molecule has 0 bridgehead atoms. The molecule has 1 rings (SSSR count). The van der Waals surface area contributed by atoms with Gasteiger partial charge in [0, 0.05) is 0 Å². The molecule has 0 fully saturated rings. The average molecular weight is 263 g/mol. The number of alkyl carbamates (subject to hydrolysis) is 1. The number of hydrogen-bond donors (Lipinski definition) is 1. The van der Waals surface area contributed by atoms with Gasteiger partial charge < -0.3 is 4.74 Å². The van der Waals surface area contributed by atoms with Crippen LogP contribution < -0.4 is 5.32 Å². The quantitative estimate of drug-likeness (QED) is 0.852. The largest absolute Gasteiger partial charge is 0.430 e. The maximum absolute atomic E-state index is 13.3. The summed E-state index contributed by atoms with van der Waals surface area (Å²) in [4.78, 5) is 23.1. The van der Waals surface area contributed by atoms with Crippen LogP contribution in [0, 0.1) is 18.2 Å². The molecular weight excluding hydrogens is 249 g/mol. The molecule has 1 aromatic rings. The molecule has 2 amide bonds. The summed E-state index contributed by atoms with van der Waals surface area (Å²) in [7, 11) is 0. The first kappa shape index (κ1) is 14.7. The van der Waals surface area contributed by atoms with Crippen LogP contribution in [0.15, 0.2) is 24.3 Å². The van der Waals surface area contributed by atoms with Gasteiger partial charge in [0.05, 0.1) is 5.56 Å². The summed E-state index contributed by atoms with van der Waals surface area (Å²) in [6, 6.07) is 5.31. The van der Waals surface area contributed by atoms with Gasteiger partial charge in [-0.3, -0.25) is 10.1 Å². The van der Waals surface area contributed by atoms with Crippen LogP contribution in [0.3, 0.4) is 0 Å². The number of ether oxygens (including phenoxy) is 1. The maximum Gasteiger partial charge on any atom is 0.415 e. The molecule has 0 aliphatic heterocycles. The lowest BCUT2D eigenvalue weighted by molar-refractivity contribution is 0.0601. The van der Waals surface area contributed by atoms with Crippen molar-refractivity contribution in [3.8, 4) is 12.3 Å². The van der Waals surface area contributed by atoms with Crippen molar-refractivity contribution in [2.45, 2.75) is 25.9 Å². The van der Waals surface area contributed by atoms with Crippen LogP contribution in [0.25, 0.3) is 0 Å². The second-order valence-corrected chi connectivity index (χ2v) is 4.05. The minimum atomic E-state index is -1.10. The van der Waals surface area contributed by atoms with Crippen LogP contribution in [0.2, 0.25) is 0 Å². The second kappa shape index (κ2) is 6.01. The molecule has 0 saturated heterocycles. The Hall–Kier alpha value is -2.35. The molecule has 19 heavy (non-hydrogen) atoms. The highest BCUT2D eigenvalue weighted by molar-refractivity contribution is 6.03. The van der Waals surface area contributed by atoms with E-state index < -0.39 is 23.4 Å². The zero-order valence-electron chi connectivity index (χ0n) is 10.7. The van der Waals surface area contributed by atoms with Gasteiger partial charge in [0.15, 0.2) is 5.60 Å². The van der Waals surface area contributed by atoms with Crippen molar-refractivity contribution < 1.29 is 18.7 Å². The highest BCUT2D eigenvalue weighted by atomic mass is 19.1. The summed E-state index contributed by atoms with van der Waals surface area (Å²) < 4.78 is 18.3. The molecule has 0 heterocycles. The zero-order chi connectivity index (χ0) is 14.5. The Bertz CT molecular complexity index is 536. The smallest absolute Gasteiger partial charge is 0.415 e. The summed E-state index contributed by atoms with van der Waals surface area (Å²) in [5, 5.41) is 1.93. The zero-order valence-corrected chi connectivity index (χ0v) is 10.7. The molecular formula is C14H14FNO3.